The highest BCUT2D eigenvalue weighted by Gasteiger charge is 2.22. The van der Waals surface area contributed by atoms with E-state index in [0.29, 0.717) is 37.6 Å². The SMILES string of the molecule is CCn1cc(NC(=O)N2CCN(CC(=O)Nc3ccc(F)cc3)CC2)cn1. The highest BCUT2D eigenvalue weighted by molar-refractivity contribution is 5.92. The van der Waals surface area contributed by atoms with Crippen LogP contribution < -0.4 is 10.6 Å². The number of halogens is 1. The number of urea groups is 1. The fourth-order valence-electron chi connectivity index (χ4n) is 2.85. The van der Waals surface area contributed by atoms with E-state index in [9.17, 15) is 14.0 Å². The largest absolute Gasteiger partial charge is 0.325 e. The number of nitrogens with zero attached hydrogens (tertiary/aromatic N) is 4. The third-order valence-electron chi connectivity index (χ3n) is 4.36. The third-order valence-corrected chi connectivity index (χ3v) is 4.36. The lowest BCUT2D eigenvalue weighted by atomic mass is 10.3. The Morgan fingerprint density at radius 2 is 1.78 bits per heavy atom. The number of benzene rings is 1. The number of hydrogen-bond acceptors (Lipinski definition) is 4. The van der Waals surface area contributed by atoms with Crippen molar-refractivity contribution in [2.75, 3.05) is 43.4 Å². The van der Waals surface area contributed by atoms with E-state index in [0.717, 1.165) is 6.54 Å². The summed E-state index contributed by atoms with van der Waals surface area (Å²) in [5, 5.41) is 9.70. The molecule has 1 aliphatic heterocycles. The molecule has 8 nitrogen and oxygen atoms in total. The molecule has 3 amide bonds. The molecule has 0 radical (unpaired) electrons. The number of piperazine rings is 1. The van der Waals surface area contributed by atoms with Crippen LogP contribution in [0.1, 0.15) is 6.92 Å². The first kappa shape index (κ1) is 18.8. The average Bonchev–Trinajstić information content (AvgIpc) is 3.11. The Kier molecular flexibility index (Phi) is 6.02. The molecule has 2 heterocycles. The fraction of sp³-hybridized carbons (Fsp3) is 0.389. The minimum absolute atomic E-state index is 0.161. The van der Waals surface area contributed by atoms with Gasteiger partial charge in [0.25, 0.3) is 0 Å². The Labute approximate surface area is 156 Å². The minimum Gasteiger partial charge on any atom is -0.325 e. The van der Waals surface area contributed by atoms with Gasteiger partial charge in [-0.1, -0.05) is 0 Å². The maximum absolute atomic E-state index is 12.9. The molecule has 27 heavy (non-hydrogen) atoms. The summed E-state index contributed by atoms with van der Waals surface area (Å²) in [5.74, 6) is -0.504. The van der Waals surface area contributed by atoms with E-state index in [2.05, 4.69) is 15.7 Å². The molecule has 1 aromatic heterocycles. The lowest BCUT2D eigenvalue weighted by Gasteiger charge is -2.34. The zero-order valence-corrected chi connectivity index (χ0v) is 15.2. The Bertz CT molecular complexity index is 783. The fourth-order valence-corrected chi connectivity index (χ4v) is 2.85. The predicted octanol–water partition coefficient (Wildman–Crippen LogP) is 1.83. The molecular formula is C18H23FN6O2. The number of aryl methyl sites for hydroxylation is 1. The van der Waals surface area contributed by atoms with Crippen molar-refractivity contribution >= 4 is 23.3 Å². The van der Waals surface area contributed by atoms with Crippen LogP contribution in [-0.2, 0) is 11.3 Å². The number of rotatable bonds is 5. The van der Waals surface area contributed by atoms with Crippen molar-refractivity contribution < 1.29 is 14.0 Å². The van der Waals surface area contributed by atoms with Gasteiger partial charge in [-0.3, -0.25) is 14.4 Å². The van der Waals surface area contributed by atoms with E-state index >= 15 is 0 Å². The van der Waals surface area contributed by atoms with Gasteiger partial charge in [0.1, 0.15) is 5.82 Å². The van der Waals surface area contributed by atoms with Crippen LogP contribution in [0.4, 0.5) is 20.6 Å². The van der Waals surface area contributed by atoms with Gasteiger partial charge in [0, 0.05) is 44.6 Å². The van der Waals surface area contributed by atoms with Crippen molar-refractivity contribution in [2.24, 2.45) is 0 Å². The van der Waals surface area contributed by atoms with Gasteiger partial charge >= 0.3 is 6.03 Å². The molecule has 0 spiro atoms. The monoisotopic (exact) mass is 374 g/mol. The zero-order chi connectivity index (χ0) is 19.2. The van der Waals surface area contributed by atoms with Crippen LogP contribution in [0, 0.1) is 5.82 Å². The highest BCUT2D eigenvalue weighted by Crippen LogP contribution is 2.10. The molecule has 9 heteroatoms. The van der Waals surface area contributed by atoms with E-state index in [4.69, 9.17) is 0 Å². The summed E-state index contributed by atoms with van der Waals surface area (Å²) in [6, 6.07) is 5.49. The Morgan fingerprint density at radius 3 is 2.41 bits per heavy atom. The second-order valence-corrected chi connectivity index (χ2v) is 6.33. The molecule has 1 saturated heterocycles. The van der Waals surface area contributed by atoms with Crippen molar-refractivity contribution in [3.63, 3.8) is 0 Å². The normalized spacial score (nSPS) is 14.8. The lowest BCUT2D eigenvalue weighted by Crippen LogP contribution is -2.51. The maximum atomic E-state index is 12.9. The molecule has 1 aliphatic rings. The Morgan fingerprint density at radius 1 is 1.07 bits per heavy atom. The highest BCUT2D eigenvalue weighted by atomic mass is 19.1. The third kappa shape index (κ3) is 5.27. The van der Waals surface area contributed by atoms with E-state index in [1.54, 1.807) is 22.0 Å². The van der Waals surface area contributed by atoms with E-state index < -0.39 is 0 Å². The lowest BCUT2D eigenvalue weighted by molar-refractivity contribution is -0.117. The molecule has 0 saturated carbocycles. The molecule has 0 atom stereocenters. The molecule has 2 N–H and O–H groups in total. The van der Waals surface area contributed by atoms with Gasteiger partial charge in [0.2, 0.25) is 5.91 Å². The van der Waals surface area contributed by atoms with Crippen LogP contribution in [0.3, 0.4) is 0 Å². The molecule has 144 valence electrons. The number of hydrogen-bond donors (Lipinski definition) is 2. The number of amides is 3. The summed E-state index contributed by atoms with van der Waals surface area (Å²) in [6.45, 7) is 5.25. The minimum atomic E-state index is -0.343. The van der Waals surface area contributed by atoms with Gasteiger partial charge in [-0.05, 0) is 31.2 Å². The molecule has 2 aromatic rings. The summed E-state index contributed by atoms with van der Waals surface area (Å²) >= 11 is 0. The van der Waals surface area contributed by atoms with Crippen molar-refractivity contribution in [2.45, 2.75) is 13.5 Å². The van der Waals surface area contributed by atoms with E-state index in [1.165, 1.54) is 24.3 Å². The van der Waals surface area contributed by atoms with Crippen LogP contribution in [0.5, 0.6) is 0 Å². The zero-order valence-electron chi connectivity index (χ0n) is 15.2. The summed E-state index contributed by atoms with van der Waals surface area (Å²) in [7, 11) is 0. The number of carbonyl (C=O) groups excluding carboxylic acids is 2. The molecule has 0 aliphatic carbocycles. The van der Waals surface area contributed by atoms with Gasteiger partial charge in [-0.15, -0.1) is 0 Å². The summed E-state index contributed by atoms with van der Waals surface area (Å²) in [6.07, 6.45) is 3.41. The Hall–Kier alpha value is -2.94. The van der Waals surface area contributed by atoms with Crippen molar-refractivity contribution in [1.29, 1.82) is 0 Å². The maximum Gasteiger partial charge on any atom is 0.322 e. The topological polar surface area (TPSA) is 82.5 Å². The molecule has 0 bridgehead atoms. The predicted molar refractivity (Wildman–Crippen MR) is 100.0 cm³/mol. The second-order valence-electron chi connectivity index (χ2n) is 6.33. The van der Waals surface area contributed by atoms with Crippen molar-refractivity contribution in [3.8, 4) is 0 Å². The van der Waals surface area contributed by atoms with Crippen LogP contribution in [0.2, 0.25) is 0 Å². The van der Waals surface area contributed by atoms with Gasteiger partial charge in [-0.2, -0.15) is 5.10 Å². The average molecular weight is 374 g/mol. The number of nitrogens with one attached hydrogen (secondary N) is 2. The van der Waals surface area contributed by atoms with E-state index in [1.807, 2.05) is 11.8 Å². The smallest absolute Gasteiger partial charge is 0.322 e. The van der Waals surface area contributed by atoms with Gasteiger partial charge < -0.3 is 15.5 Å². The Balaban J connectivity index is 1.42. The standard InChI is InChI=1S/C18H23FN6O2/c1-2-25-12-16(11-20-25)22-18(27)24-9-7-23(8-10-24)13-17(26)21-15-5-3-14(19)4-6-15/h3-6,11-12H,2,7-10,13H2,1H3,(H,21,26)(H,22,27). The molecule has 0 unspecified atom stereocenters. The second kappa shape index (κ2) is 8.63. The van der Waals surface area contributed by atoms with Crippen molar-refractivity contribution in [1.82, 2.24) is 19.6 Å². The van der Waals surface area contributed by atoms with Gasteiger partial charge in [-0.25, -0.2) is 9.18 Å². The van der Waals surface area contributed by atoms with Crippen LogP contribution in [0.15, 0.2) is 36.7 Å². The number of carbonyl (C=O) groups is 2. The summed E-state index contributed by atoms with van der Waals surface area (Å²) in [4.78, 5) is 28.1. The first-order chi connectivity index (χ1) is 13.0. The van der Waals surface area contributed by atoms with Gasteiger partial charge in [0.15, 0.2) is 0 Å². The number of aromatic nitrogens is 2. The first-order valence-electron chi connectivity index (χ1n) is 8.89. The molecule has 3 rings (SSSR count). The molecule has 1 fully saturated rings. The summed E-state index contributed by atoms with van der Waals surface area (Å²) in [5.41, 5.74) is 1.23. The molecule has 1 aromatic carbocycles. The van der Waals surface area contributed by atoms with Crippen LogP contribution >= 0.6 is 0 Å². The summed E-state index contributed by atoms with van der Waals surface area (Å²) < 4.78 is 14.6. The van der Waals surface area contributed by atoms with Gasteiger partial charge in [0.05, 0.1) is 18.4 Å². The first-order valence-corrected chi connectivity index (χ1v) is 8.89. The molecular weight excluding hydrogens is 351 g/mol. The quantitative estimate of drug-likeness (QED) is 0.837. The van der Waals surface area contributed by atoms with E-state index in [-0.39, 0.29) is 24.3 Å². The van der Waals surface area contributed by atoms with Crippen molar-refractivity contribution in [3.05, 3.63) is 42.5 Å². The van der Waals surface area contributed by atoms with Crippen LogP contribution in [-0.4, -0.2) is 64.2 Å². The van der Waals surface area contributed by atoms with Crippen LogP contribution in [0.25, 0.3) is 0 Å². The number of anilines is 2.